The molecule has 0 spiro atoms. The van der Waals surface area contributed by atoms with Crippen molar-refractivity contribution in [2.45, 2.75) is 6.54 Å². The van der Waals surface area contributed by atoms with Gasteiger partial charge in [-0.25, -0.2) is 9.97 Å². The molecule has 0 atom stereocenters. The van der Waals surface area contributed by atoms with Gasteiger partial charge in [-0.15, -0.1) is 0 Å². The zero-order chi connectivity index (χ0) is 17.5. The van der Waals surface area contributed by atoms with Gasteiger partial charge < -0.3 is 5.32 Å². The lowest BCUT2D eigenvalue weighted by Gasteiger charge is -2.11. The number of hydrogen-bond acceptors (Lipinski definition) is 8. The number of aromatic nitrogens is 3. The Morgan fingerprint density at radius 3 is 2.52 bits per heavy atom. The van der Waals surface area contributed by atoms with E-state index in [0.29, 0.717) is 6.54 Å². The smallest absolute Gasteiger partial charge is 0.354 e. The first-order chi connectivity index (χ1) is 12.2. The topological polar surface area (TPSA) is 118 Å². The number of nitrogens with one attached hydrogen (secondary N) is 3. The highest BCUT2D eigenvalue weighted by Crippen LogP contribution is 2.29. The molecule has 0 fully saturated rings. The van der Waals surface area contributed by atoms with Crippen molar-refractivity contribution in [3.63, 3.8) is 0 Å². The maximum atomic E-state index is 11.5. The minimum Gasteiger partial charge on any atom is -0.360 e. The van der Waals surface area contributed by atoms with Crippen molar-refractivity contribution in [2.24, 2.45) is 0 Å². The summed E-state index contributed by atoms with van der Waals surface area (Å²) in [6, 6.07) is 12.9. The molecule has 1 aromatic carbocycles. The van der Waals surface area contributed by atoms with Crippen LogP contribution in [0.15, 0.2) is 61.2 Å². The SMILES string of the molecule is O=[N+]([O-])c1c(NCc2cccnc2)ncnc1NNc1ccccc1. The van der Waals surface area contributed by atoms with Crippen LogP contribution in [0, 0.1) is 10.1 Å². The van der Waals surface area contributed by atoms with Gasteiger partial charge in [0.2, 0.25) is 11.6 Å². The predicted molar refractivity (Wildman–Crippen MR) is 93.9 cm³/mol. The Morgan fingerprint density at radius 2 is 1.80 bits per heavy atom. The Hall–Kier alpha value is -3.75. The molecule has 9 heteroatoms. The lowest BCUT2D eigenvalue weighted by atomic mass is 10.3. The van der Waals surface area contributed by atoms with E-state index in [1.807, 2.05) is 36.4 Å². The third-order valence-electron chi connectivity index (χ3n) is 3.29. The van der Waals surface area contributed by atoms with Crippen molar-refractivity contribution in [1.82, 2.24) is 15.0 Å². The van der Waals surface area contributed by atoms with Crippen LogP contribution in [-0.2, 0) is 6.54 Å². The van der Waals surface area contributed by atoms with Gasteiger partial charge in [-0.05, 0) is 23.8 Å². The molecule has 0 unspecified atom stereocenters. The lowest BCUT2D eigenvalue weighted by molar-refractivity contribution is -0.383. The van der Waals surface area contributed by atoms with E-state index in [1.54, 1.807) is 18.5 Å². The van der Waals surface area contributed by atoms with Gasteiger partial charge in [0.05, 0.1) is 10.6 Å². The second-order valence-electron chi connectivity index (χ2n) is 5.01. The molecule has 0 radical (unpaired) electrons. The summed E-state index contributed by atoms with van der Waals surface area (Å²) < 4.78 is 0. The van der Waals surface area contributed by atoms with E-state index in [9.17, 15) is 10.1 Å². The number of anilines is 3. The first-order valence-corrected chi connectivity index (χ1v) is 7.43. The minimum absolute atomic E-state index is 0.0672. The molecule has 0 aliphatic carbocycles. The average Bonchev–Trinajstić information content (AvgIpc) is 2.66. The third-order valence-corrected chi connectivity index (χ3v) is 3.29. The van der Waals surface area contributed by atoms with Gasteiger partial charge in [0.15, 0.2) is 0 Å². The number of rotatable bonds is 7. The van der Waals surface area contributed by atoms with E-state index >= 15 is 0 Å². The van der Waals surface area contributed by atoms with E-state index in [4.69, 9.17) is 0 Å². The summed E-state index contributed by atoms with van der Waals surface area (Å²) >= 11 is 0. The first-order valence-electron chi connectivity index (χ1n) is 7.43. The molecule has 0 aliphatic rings. The van der Waals surface area contributed by atoms with Crippen LogP contribution in [0.3, 0.4) is 0 Å². The van der Waals surface area contributed by atoms with Crippen molar-refractivity contribution in [2.75, 3.05) is 16.2 Å². The maximum absolute atomic E-state index is 11.5. The summed E-state index contributed by atoms with van der Waals surface area (Å²) in [4.78, 5) is 22.9. The fraction of sp³-hybridized carbons (Fsp3) is 0.0625. The summed E-state index contributed by atoms with van der Waals surface area (Å²) in [7, 11) is 0. The molecular weight excluding hydrogens is 322 g/mol. The highest BCUT2D eigenvalue weighted by Gasteiger charge is 2.22. The van der Waals surface area contributed by atoms with Crippen LogP contribution in [0.25, 0.3) is 0 Å². The molecule has 2 aromatic heterocycles. The standard InChI is InChI=1S/C16H15N7O2/c24-23(25)14-15(18-10-12-5-4-8-17-9-12)19-11-20-16(14)22-21-13-6-2-1-3-7-13/h1-9,11,21H,10H2,(H2,18,19,20,22). The summed E-state index contributed by atoms with van der Waals surface area (Å²) in [6.07, 6.45) is 4.59. The Bertz CT molecular complexity index is 782. The minimum atomic E-state index is -0.527. The monoisotopic (exact) mass is 337 g/mol. The zero-order valence-electron chi connectivity index (χ0n) is 13.1. The molecular formula is C16H15N7O2. The number of hydrogen-bond donors (Lipinski definition) is 3. The normalized spacial score (nSPS) is 10.1. The largest absolute Gasteiger partial charge is 0.360 e. The Morgan fingerprint density at radius 1 is 1.00 bits per heavy atom. The molecule has 0 saturated heterocycles. The molecule has 126 valence electrons. The third kappa shape index (κ3) is 4.16. The van der Waals surface area contributed by atoms with Gasteiger partial charge in [-0.3, -0.25) is 25.9 Å². The van der Waals surface area contributed by atoms with Crippen LogP contribution in [-0.4, -0.2) is 19.9 Å². The van der Waals surface area contributed by atoms with Crippen molar-refractivity contribution in [3.8, 4) is 0 Å². The quantitative estimate of drug-likeness (QED) is 0.445. The molecule has 0 aliphatic heterocycles. The molecule has 0 bridgehead atoms. The molecule has 0 saturated carbocycles. The number of hydrazine groups is 1. The average molecular weight is 337 g/mol. The van der Waals surface area contributed by atoms with Crippen molar-refractivity contribution in [1.29, 1.82) is 0 Å². The highest BCUT2D eigenvalue weighted by molar-refractivity contribution is 5.70. The van der Waals surface area contributed by atoms with Crippen LogP contribution in [0.4, 0.5) is 23.0 Å². The van der Waals surface area contributed by atoms with Crippen LogP contribution in [0.2, 0.25) is 0 Å². The van der Waals surface area contributed by atoms with Crippen LogP contribution in [0.1, 0.15) is 5.56 Å². The summed E-state index contributed by atoms with van der Waals surface area (Å²) in [5.74, 6) is 0.193. The first kappa shape index (κ1) is 16.1. The van der Waals surface area contributed by atoms with Crippen LogP contribution in [0.5, 0.6) is 0 Å². The highest BCUT2D eigenvalue weighted by atomic mass is 16.6. The van der Waals surface area contributed by atoms with E-state index < -0.39 is 4.92 Å². The number of nitrogens with zero attached hydrogens (tertiary/aromatic N) is 4. The van der Waals surface area contributed by atoms with Crippen molar-refractivity contribution >= 4 is 23.0 Å². The Kier molecular flexibility index (Phi) is 4.95. The summed E-state index contributed by atoms with van der Waals surface area (Å²) in [5.41, 5.74) is 7.02. The molecule has 3 rings (SSSR count). The molecule has 9 nitrogen and oxygen atoms in total. The fourth-order valence-corrected chi connectivity index (χ4v) is 2.11. The number of benzene rings is 1. The van der Waals surface area contributed by atoms with Gasteiger partial charge in [0, 0.05) is 18.9 Å². The molecule has 0 amide bonds. The van der Waals surface area contributed by atoms with Gasteiger partial charge in [0.25, 0.3) is 0 Å². The van der Waals surface area contributed by atoms with E-state index in [-0.39, 0.29) is 17.3 Å². The summed E-state index contributed by atoms with van der Waals surface area (Å²) in [6.45, 7) is 0.358. The van der Waals surface area contributed by atoms with Crippen LogP contribution >= 0.6 is 0 Å². The zero-order valence-corrected chi connectivity index (χ0v) is 13.1. The second-order valence-corrected chi connectivity index (χ2v) is 5.01. The van der Waals surface area contributed by atoms with Crippen molar-refractivity contribution in [3.05, 3.63) is 76.9 Å². The molecule has 3 aromatic rings. The Labute approximate surface area is 143 Å². The number of pyridine rings is 1. The number of para-hydroxylation sites is 1. The van der Waals surface area contributed by atoms with Gasteiger partial charge in [-0.1, -0.05) is 24.3 Å². The van der Waals surface area contributed by atoms with Crippen molar-refractivity contribution < 1.29 is 4.92 Å². The van der Waals surface area contributed by atoms with E-state index in [0.717, 1.165) is 11.3 Å². The van der Waals surface area contributed by atoms with Crippen LogP contribution < -0.4 is 16.2 Å². The molecule has 2 heterocycles. The van der Waals surface area contributed by atoms with Gasteiger partial charge in [0.1, 0.15) is 6.33 Å². The molecule has 3 N–H and O–H groups in total. The predicted octanol–water partition coefficient (Wildman–Crippen LogP) is 2.83. The van der Waals surface area contributed by atoms with E-state index in [1.165, 1.54) is 6.33 Å². The second kappa shape index (κ2) is 7.68. The van der Waals surface area contributed by atoms with E-state index in [2.05, 4.69) is 31.1 Å². The van der Waals surface area contributed by atoms with Gasteiger partial charge >= 0.3 is 5.69 Å². The lowest BCUT2D eigenvalue weighted by Crippen LogP contribution is -2.14. The summed E-state index contributed by atoms with van der Waals surface area (Å²) in [5, 5.41) is 14.4. The maximum Gasteiger partial charge on any atom is 0.354 e. The fourth-order valence-electron chi connectivity index (χ4n) is 2.11. The molecule has 25 heavy (non-hydrogen) atoms. The number of nitro groups is 1. The van der Waals surface area contributed by atoms with Gasteiger partial charge in [-0.2, -0.15) is 0 Å². The Balaban J connectivity index is 1.78.